The topological polar surface area (TPSA) is 100.0 Å². The summed E-state index contributed by atoms with van der Waals surface area (Å²) in [5.41, 5.74) is 0.751. The Hall–Kier alpha value is -3.00. The highest BCUT2D eigenvalue weighted by Gasteiger charge is 2.28. The predicted octanol–water partition coefficient (Wildman–Crippen LogP) is 1.01. The second kappa shape index (κ2) is 5.89. The van der Waals surface area contributed by atoms with Gasteiger partial charge in [-0.05, 0) is 30.3 Å². The Labute approximate surface area is 137 Å². The van der Waals surface area contributed by atoms with E-state index in [9.17, 15) is 18.0 Å². The first kappa shape index (κ1) is 15.9. The van der Waals surface area contributed by atoms with E-state index in [0.717, 1.165) is 10.2 Å². The van der Waals surface area contributed by atoms with Gasteiger partial charge in [-0.15, -0.1) is 0 Å². The van der Waals surface area contributed by atoms with Gasteiger partial charge in [-0.25, -0.2) is 0 Å². The minimum atomic E-state index is -3.95. The van der Waals surface area contributed by atoms with Crippen LogP contribution in [0, 0.1) is 0 Å². The van der Waals surface area contributed by atoms with Gasteiger partial charge in [-0.3, -0.25) is 9.59 Å². The van der Waals surface area contributed by atoms with Crippen molar-refractivity contribution < 1.29 is 17.2 Å². The lowest BCUT2D eigenvalue weighted by Gasteiger charge is -2.04. The first-order valence-electron chi connectivity index (χ1n) is 7.05. The number of hydrogen-bond donors (Lipinski definition) is 2. The average Bonchev–Trinajstić information content (AvgIpc) is 2.54. The highest BCUT2D eigenvalue weighted by molar-refractivity contribution is 7.85. The number of nitrogens with zero attached hydrogens (tertiary/aromatic N) is 1. The quantitative estimate of drug-likeness (QED) is 0.693. The van der Waals surface area contributed by atoms with E-state index in [0.29, 0.717) is 16.7 Å². The lowest BCUT2D eigenvalue weighted by Crippen LogP contribution is -2.46. The third-order valence-corrected chi connectivity index (χ3v) is 5.05. The van der Waals surface area contributed by atoms with Crippen LogP contribution in [0.5, 0.6) is 0 Å². The summed E-state index contributed by atoms with van der Waals surface area (Å²) in [4.78, 5) is 25.4. The largest absolute Gasteiger partial charge is 0.400 e. The van der Waals surface area contributed by atoms with Gasteiger partial charge in [0.05, 0.1) is 0 Å². The molecule has 8 heteroatoms. The molecule has 0 atom stereocenters. The molecule has 3 rings (SSSR count). The molecule has 7 nitrogen and oxygen atoms in total. The summed E-state index contributed by atoms with van der Waals surface area (Å²) in [6.07, 6.45) is 0.999. The Morgan fingerprint density at radius 1 is 1.08 bits per heavy atom. The van der Waals surface area contributed by atoms with Gasteiger partial charge in [0.1, 0.15) is 10.4 Å². The lowest BCUT2D eigenvalue weighted by atomic mass is 10.3. The molecule has 0 bridgehead atoms. The molecule has 122 valence electrons. The Balaban J connectivity index is 2.15. The van der Waals surface area contributed by atoms with Crippen molar-refractivity contribution in [1.82, 2.24) is 4.98 Å². The van der Waals surface area contributed by atoms with Gasteiger partial charge in [0.2, 0.25) is 11.4 Å². The minimum absolute atomic E-state index is 0.0114. The second-order valence-corrected chi connectivity index (χ2v) is 6.96. The van der Waals surface area contributed by atoms with Crippen molar-refractivity contribution in [3.8, 4) is 0 Å². The number of anilines is 1. The number of benzene rings is 2. The number of aromatic nitrogens is 2. The SMILES string of the molecule is CC(=O)Nc1ccc(S(=O)(=O)[n+]2cc(=O)[nH]c3ccccc32)cc1. The van der Waals surface area contributed by atoms with Crippen LogP contribution in [-0.4, -0.2) is 19.3 Å². The van der Waals surface area contributed by atoms with Gasteiger partial charge in [-0.1, -0.05) is 16.1 Å². The number of carbonyl (C=O) groups is 1. The summed E-state index contributed by atoms with van der Waals surface area (Å²) >= 11 is 0. The summed E-state index contributed by atoms with van der Waals surface area (Å²) in [5, 5.41) is 2.57. The molecule has 1 heterocycles. The molecular formula is C16H14N3O4S+. The molecule has 24 heavy (non-hydrogen) atoms. The molecule has 1 amide bonds. The summed E-state index contributed by atoms with van der Waals surface area (Å²) in [6, 6.07) is 12.4. The molecule has 0 spiro atoms. The first-order valence-corrected chi connectivity index (χ1v) is 8.49. The molecular weight excluding hydrogens is 330 g/mol. The molecule has 1 aromatic heterocycles. The van der Waals surface area contributed by atoms with Crippen molar-refractivity contribution in [3.63, 3.8) is 0 Å². The number of rotatable bonds is 3. The number of hydrogen-bond acceptors (Lipinski definition) is 4. The monoisotopic (exact) mass is 344 g/mol. The third kappa shape index (κ3) is 2.91. The number of carbonyl (C=O) groups excluding carboxylic acids is 1. The number of amides is 1. The van der Waals surface area contributed by atoms with Crippen LogP contribution in [0.25, 0.3) is 11.0 Å². The van der Waals surface area contributed by atoms with Crippen molar-refractivity contribution in [2.75, 3.05) is 5.32 Å². The fraction of sp³-hybridized carbons (Fsp3) is 0.0625. The van der Waals surface area contributed by atoms with Crippen LogP contribution in [-0.2, 0) is 14.8 Å². The van der Waals surface area contributed by atoms with Crippen LogP contribution < -0.4 is 14.8 Å². The van der Waals surface area contributed by atoms with Crippen molar-refractivity contribution in [2.24, 2.45) is 0 Å². The van der Waals surface area contributed by atoms with E-state index < -0.39 is 15.6 Å². The Morgan fingerprint density at radius 2 is 1.75 bits per heavy atom. The number of aromatic amines is 1. The van der Waals surface area contributed by atoms with Crippen LogP contribution in [0.3, 0.4) is 0 Å². The van der Waals surface area contributed by atoms with Crippen molar-refractivity contribution in [3.05, 3.63) is 65.1 Å². The Morgan fingerprint density at radius 3 is 2.42 bits per heavy atom. The molecule has 3 aromatic rings. The Bertz CT molecular complexity index is 1090. The highest BCUT2D eigenvalue weighted by atomic mass is 32.2. The molecule has 2 N–H and O–H groups in total. The zero-order chi connectivity index (χ0) is 17.3. The molecule has 0 aliphatic carbocycles. The summed E-state index contributed by atoms with van der Waals surface area (Å²) in [7, 11) is -3.95. The smallest absolute Gasteiger partial charge is 0.326 e. The summed E-state index contributed by atoms with van der Waals surface area (Å²) in [6.45, 7) is 1.36. The van der Waals surface area contributed by atoms with Crippen molar-refractivity contribution in [1.29, 1.82) is 0 Å². The van der Waals surface area contributed by atoms with Crippen LogP contribution in [0.2, 0.25) is 0 Å². The standard InChI is InChI=1S/C16H13N3O4S/c1-11(20)17-12-6-8-13(9-7-12)24(22,23)19-10-16(21)18-14-4-2-3-5-15(14)19/h2-10H,1H3,(H-,17,18,20,21)/p+1. The van der Waals surface area contributed by atoms with E-state index in [4.69, 9.17) is 0 Å². The number of nitrogens with one attached hydrogen (secondary N) is 2. The zero-order valence-electron chi connectivity index (χ0n) is 12.7. The van der Waals surface area contributed by atoms with Gasteiger partial charge in [0.15, 0.2) is 0 Å². The van der Waals surface area contributed by atoms with Crippen molar-refractivity contribution >= 4 is 32.7 Å². The molecule has 0 unspecified atom stereocenters. The highest BCUT2D eigenvalue weighted by Crippen LogP contribution is 2.15. The number of para-hydroxylation sites is 2. The molecule has 0 aliphatic rings. The van der Waals surface area contributed by atoms with Crippen LogP contribution in [0.1, 0.15) is 6.92 Å². The fourth-order valence-corrected chi connectivity index (χ4v) is 3.70. The van der Waals surface area contributed by atoms with Gasteiger partial charge in [-0.2, -0.15) is 8.42 Å². The van der Waals surface area contributed by atoms with Gasteiger partial charge in [0.25, 0.3) is 6.20 Å². The van der Waals surface area contributed by atoms with E-state index in [2.05, 4.69) is 10.3 Å². The van der Waals surface area contributed by atoms with Crippen LogP contribution in [0.4, 0.5) is 5.69 Å². The summed E-state index contributed by atoms with van der Waals surface area (Å²) < 4.78 is 26.7. The van der Waals surface area contributed by atoms with Gasteiger partial charge in [0, 0.05) is 18.7 Å². The number of H-pyrrole nitrogens is 1. The van der Waals surface area contributed by atoms with Crippen LogP contribution in [0.15, 0.2) is 64.4 Å². The predicted molar refractivity (Wildman–Crippen MR) is 88.1 cm³/mol. The fourth-order valence-electron chi connectivity index (χ4n) is 2.34. The zero-order valence-corrected chi connectivity index (χ0v) is 13.5. The number of fused-ring (bicyclic) bond motifs is 1. The molecule has 0 aliphatic heterocycles. The van der Waals surface area contributed by atoms with Crippen molar-refractivity contribution in [2.45, 2.75) is 11.8 Å². The average molecular weight is 344 g/mol. The van der Waals surface area contributed by atoms with Gasteiger partial charge >= 0.3 is 15.6 Å². The third-order valence-electron chi connectivity index (χ3n) is 3.37. The van der Waals surface area contributed by atoms with E-state index in [1.807, 2.05) is 0 Å². The molecule has 0 fully saturated rings. The maximum atomic E-state index is 12.9. The minimum Gasteiger partial charge on any atom is -0.326 e. The second-order valence-electron chi connectivity index (χ2n) is 5.14. The molecule has 0 saturated carbocycles. The van der Waals surface area contributed by atoms with E-state index in [-0.39, 0.29) is 10.8 Å². The maximum absolute atomic E-state index is 12.9. The van der Waals surface area contributed by atoms with Crippen LogP contribution >= 0.6 is 0 Å². The summed E-state index contributed by atoms with van der Waals surface area (Å²) in [5.74, 6) is -0.249. The molecule has 2 aromatic carbocycles. The molecule has 0 saturated heterocycles. The first-order chi connectivity index (χ1) is 11.4. The Kier molecular flexibility index (Phi) is 3.90. The van der Waals surface area contributed by atoms with E-state index in [1.54, 1.807) is 24.3 Å². The van der Waals surface area contributed by atoms with Gasteiger partial charge < -0.3 is 10.3 Å². The van der Waals surface area contributed by atoms with E-state index in [1.165, 1.54) is 31.2 Å². The lowest BCUT2D eigenvalue weighted by molar-refractivity contribution is -0.482. The normalized spacial score (nSPS) is 11.4. The molecule has 0 radical (unpaired) electrons. The maximum Gasteiger partial charge on any atom is 0.400 e. The van der Waals surface area contributed by atoms with E-state index >= 15 is 0 Å².